The van der Waals surface area contributed by atoms with Gasteiger partial charge >= 0.3 is 0 Å². The molecular formula is C21H21BrN2O. The van der Waals surface area contributed by atoms with Crippen LogP contribution in [0.3, 0.4) is 0 Å². The first-order valence-electron chi connectivity index (χ1n) is 8.67. The lowest BCUT2D eigenvalue weighted by molar-refractivity contribution is 0.427. The van der Waals surface area contributed by atoms with Gasteiger partial charge in [-0.05, 0) is 61.9 Å². The molecule has 0 bridgehead atoms. The predicted molar refractivity (Wildman–Crippen MR) is 105 cm³/mol. The normalized spacial score (nSPS) is 20.3. The lowest BCUT2D eigenvalue weighted by Crippen LogP contribution is -2.19. The maximum atomic E-state index is 5.61. The van der Waals surface area contributed by atoms with E-state index in [0.717, 1.165) is 27.2 Å². The molecule has 1 saturated carbocycles. The Kier molecular flexibility index (Phi) is 4.38. The molecule has 0 saturated heterocycles. The van der Waals surface area contributed by atoms with Crippen LogP contribution in [0.15, 0.2) is 63.6 Å². The first-order valence-corrected chi connectivity index (χ1v) is 9.46. The summed E-state index contributed by atoms with van der Waals surface area (Å²) in [5.74, 6) is 2.11. The number of hydrogen-bond donors (Lipinski definition) is 1. The summed E-state index contributed by atoms with van der Waals surface area (Å²) in [7, 11) is 0. The molecule has 3 aromatic rings. The molecule has 1 fully saturated rings. The van der Waals surface area contributed by atoms with E-state index in [-0.39, 0.29) is 0 Å². The smallest absolute Gasteiger partial charge is 0.190 e. The summed E-state index contributed by atoms with van der Waals surface area (Å²) in [6, 6.07) is 19.3. The van der Waals surface area contributed by atoms with E-state index in [0.29, 0.717) is 17.9 Å². The van der Waals surface area contributed by atoms with E-state index < -0.39 is 0 Å². The number of nitrogens with zero attached hydrogens (tertiary/aromatic N) is 1. The zero-order valence-corrected chi connectivity index (χ0v) is 16.0. The van der Waals surface area contributed by atoms with Crippen molar-refractivity contribution >= 4 is 21.6 Å². The van der Waals surface area contributed by atoms with Gasteiger partial charge in [0.15, 0.2) is 5.76 Å². The maximum Gasteiger partial charge on any atom is 0.190 e. The van der Waals surface area contributed by atoms with Crippen LogP contribution in [-0.4, -0.2) is 11.2 Å². The fourth-order valence-corrected chi connectivity index (χ4v) is 3.79. The van der Waals surface area contributed by atoms with E-state index >= 15 is 0 Å². The Hall–Kier alpha value is -2.07. The largest absolute Gasteiger partial charge is 0.378 e. The third-order valence-corrected chi connectivity index (χ3v) is 5.58. The number of hydrogen-bond acceptors (Lipinski definition) is 3. The summed E-state index contributed by atoms with van der Waals surface area (Å²) >= 11 is 3.48. The molecule has 1 heterocycles. The van der Waals surface area contributed by atoms with Gasteiger partial charge in [-0.3, -0.25) is 0 Å². The van der Waals surface area contributed by atoms with Crippen molar-refractivity contribution in [1.29, 1.82) is 0 Å². The van der Waals surface area contributed by atoms with Crippen molar-refractivity contribution in [3.05, 3.63) is 70.3 Å². The standard InChI is InChI=1S/C21H21BrN2O/c1-13(18-12-19(18)15-6-4-3-5-7-15)23-20-14(2)24-25-21(20)16-8-10-17(22)11-9-16/h3-11,13,18-19,23H,12H2,1-2H3. The van der Waals surface area contributed by atoms with Gasteiger partial charge in [0.25, 0.3) is 0 Å². The van der Waals surface area contributed by atoms with Crippen LogP contribution in [0.5, 0.6) is 0 Å². The van der Waals surface area contributed by atoms with E-state index in [2.05, 4.69) is 63.7 Å². The van der Waals surface area contributed by atoms with Crippen LogP contribution in [0.25, 0.3) is 11.3 Å². The Morgan fingerprint density at radius 2 is 1.84 bits per heavy atom. The highest BCUT2D eigenvalue weighted by atomic mass is 79.9. The molecule has 3 nitrogen and oxygen atoms in total. The topological polar surface area (TPSA) is 38.1 Å². The number of aromatic nitrogens is 1. The fourth-order valence-electron chi connectivity index (χ4n) is 3.52. The molecule has 2 aromatic carbocycles. The summed E-state index contributed by atoms with van der Waals surface area (Å²) in [5.41, 5.74) is 4.39. The Morgan fingerprint density at radius 3 is 2.56 bits per heavy atom. The van der Waals surface area contributed by atoms with Crippen LogP contribution in [0.4, 0.5) is 5.69 Å². The number of rotatable bonds is 5. The molecule has 1 aliphatic rings. The van der Waals surface area contributed by atoms with E-state index in [4.69, 9.17) is 4.52 Å². The molecule has 1 aliphatic carbocycles. The third kappa shape index (κ3) is 3.36. The van der Waals surface area contributed by atoms with E-state index in [9.17, 15) is 0 Å². The fraction of sp³-hybridized carbons (Fsp3) is 0.286. The Labute approximate surface area is 156 Å². The summed E-state index contributed by atoms with van der Waals surface area (Å²) in [6.45, 7) is 4.24. The molecular weight excluding hydrogens is 376 g/mol. The zero-order valence-electron chi connectivity index (χ0n) is 14.4. The first-order chi connectivity index (χ1) is 12.1. The van der Waals surface area contributed by atoms with Crippen molar-refractivity contribution in [2.24, 2.45) is 5.92 Å². The molecule has 0 aliphatic heterocycles. The van der Waals surface area contributed by atoms with Crippen LogP contribution in [0, 0.1) is 12.8 Å². The van der Waals surface area contributed by atoms with Gasteiger partial charge in [0.2, 0.25) is 0 Å². The third-order valence-electron chi connectivity index (χ3n) is 5.05. The SMILES string of the molecule is Cc1noc(-c2ccc(Br)cc2)c1NC(C)C1CC1c1ccccc1. The molecule has 4 rings (SSSR count). The average molecular weight is 397 g/mol. The maximum absolute atomic E-state index is 5.61. The van der Waals surface area contributed by atoms with Gasteiger partial charge in [-0.15, -0.1) is 0 Å². The highest BCUT2D eigenvalue weighted by Crippen LogP contribution is 2.50. The minimum Gasteiger partial charge on any atom is -0.378 e. The van der Waals surface area contributed by atoms with Gasteiger partial charge in [-0.25, -0.2) is 0 Å². The Morgan fingerprint density at radius 1 is 1.12 bits per heavy atom. The number of halogens is 1. The van der Waals surface area contributed by atoms with Crippen LogP contribution < -0.4 is 5.32 Å². The summed E-state index contributed by atoms with van der Waals surface area (Å²) in [5, 5.41) is 7.84. The van der Waals surface area contributed by atoms with Crippen LogP contribution in [0.1, 0.15) is 30.5 Å². The second-order valence-electron chi connectivity index (χ2n) is 6.83. The van der Waals surface area contributed by atoms with Gasteiger partial charge in [-0.2, -0.15) is 0 Å². The van der Waals surface area contributed by atoms with Crippen molar-refractivity contribution in [1.82, 2.24) is 5.16 Å². The molecule has 25 heavy (non-hydrogen) atoms. The minimum absolute atomic E-state index is 0.373. The second kappa shape index (κ2) is 6.68. The summed E-state index contributed by atoms with van der Waals surface area (Å²) in [6.07, 6.45) is 1.23. The molecule has 0 radical (unpaired) electrons. The molecule has 1 N–H and O–H groups in total. The summed E-state index contributed by atoms with van der Waals surface area (Å²) in [4.78, 5) is 0. The Balaban J connectivity index is 1.52. The second-order valence-corrected chi connectivity index (χ2v) is 7.74. The van der Waals surface area contributed by atoms with Crippen LogP contribution in [0.2, 0.25) is 0 Å². The molecule has 128 valence electrons. The number of nitrogens with one attached hydrogen (secondary N) is 1. The van der Waals surface area contributed by atoms with Crippen molar-refractivity contribution < 1.29 is 4.52 Å². The van der Waals surface area contributed by atoms with Crippen LogP contribution in [-0.2, 0) is 0 Å². The van der Waals surface area contributed by atoms with E-state index in [1.807, 2.05) is 31.2 Å². The number of benzene rings is 2. The molecule has 0 amide bonds. The average Bonchev–Trinajstić information content (AvgIpc) is 3.36. The molecule has 4 heteroatoms. The van der Waals surface area contributed by atoms with Crippen molar-refractivity contribution in [3.8, 4) is 11.3 Å². The Bertz CT molecular complexity index is 857. The van der Waals surface area contributed by atoms with Gasteiger partial charge in [-0.1, -0.05) is 51.4 Å². The molecule has 3 unspecified atom stereocenters. The molecule has 3 atom stereocenters. The van der Waals surface area contributed by atoms with Crippen LogP contribution >= 0.6 is 15.9 Å². The predicted octanol–water partition coefficient (Wildman–Crippen LogP) is 6.02. The molecule has 0 spiro atoms. The highest BCUT2D eigenvalue weighted by molar-refractivity contribution is 9.10. The molecule has 1 aromatic heterocycles. The zero-order chi connectivity index (χ0) is 17.4. The quantitative estimate of drug-likeness (QED) is 0.572. The first kappa shape index (κ1) is 16.4. The van der Waals surface area contributed by atoms with Crippen molar-refractivity contribution in [2.45, 2.75) is 32.2 Å². The monoisotopic (exact) mass is 396 g/mol. The van der Waals surface area contributed by atoms with Gasteiger partial charge in [0.1, 0.15) is 11.4 Å². The lowest BCUT2D eigenvalue weighted by Gasteiger charge is -2.15. The number of aryl methyl sites for hydroxylation is 1. The van der Waals surface area contributed by atoms with Gasteiger partial charge < -0.3 is 9.84 Å². The highest BCUT2D eigenvalue weighted by Gasteiger charge is 2.42. The van der Waals surface area contributed by atoms with Crippen molar-refractivity contribution in [3.63, 3.8) is 0 Å². The van der Waals surface area contributed by atoms with E-state index in [1.54, 1.807) is 0 Å². The summed E-state index contributed by atoms with van der Waals surface area (Å²) < 4.78 is 6.66. The van der Waals surface area contributed by atoms with E-state index in [1.165, 1.54) is 12.0 Å². The van der Waals surface area contributed by atoms with Gasteiger partial charge in [0, 0.05) is 16.1 Å². The number of anilines is 1. The minimum atomic E-state index is 0.373. The van der Waals surface area contributed by atoms with Crippen molar-refractivity contribution in [2.75, 3.05) is 5.32 Å². The lowest BCUT2D eigenvalue weighted by atomic mass is 10.1. The van der Waals surface area contributed by atoms with Gasteiger partial charge in [0.05, 0.1) is 0 Å².